The average Bonchev–Trinajstić information content (AvgIpc) is 2.91. The van der Waals surface area contributed by atoms with Crippen molar-refractivity contribution >= 4 is 23.6 Å². The first-order valence-corrected chi connectivity index (χ1v) is 13.1. The molecule has 40 heavy (non-hydrogen) atoms. The third kappa shape index (κ3) is 9.27. The number of amides is 4. The highest BCUT2D eigenvalue weighted by molar-refractivity contribution is 5.95. The van der Waals surface area contributed by atoms with Crippen molar-refractivity contribution in [2.75, 3.05) is 0 Å². The number of nitrogens with two attached hydrogens (primary N) is 1. The van der Waals surface area contributed by atoms with Crippen molar-refractivity contribution in [3.63, 3.8) is 0 Å². The van der Waals surface area contributed by atoms with Crippen LogP contribution in [0.1, 0.15) is 37.0 Å². The standard InChI is InChI=1S/C31H36N4O5/c1-20(2)29(31(39)33-19-23-12-8-7-10-21(23)3)35-30(38)26(18-27(32)36)34-28(37)17-22-11-9-15-25(16-22)40-24-13-5-4-6-14-24/h4-16,20,26,29H,17-19H2,1-3H3,(H2,32,36)(H,33,39)(H,34,37)(H,35,38)/t26-,29-/m0/s1. The van der Waals surface area contributed by atoms with E-state index < -0.39 is 36.2 Å². The molecule has 9 heteroatoms. The van der Waals surface area contributed by atoms with Crippen molar-refractivity contribution < 1.29 is 23.9 Å². The van der Waals surface area contributed by atoms with E-state index in [0.717, 1.165) is 11.1 Å². The molecule has 0 aliphatic carbocycles. The Kier molecular flexibility index (Phi) is 10.8. The lowest BCUT2D eigenvalue weighted by Gasteiger charge is -2.25. The van der Waals surface area contributed by atoms with E-state index in [-0.39, 0.29) is 18.2 Å². The molecule has 3 rings (SSSR count). The van der Waals surface area contributed by atoms with Crippen LogP contribution in [0.3, 0.4) is 0 Å². The zero-order valence-electron chi connectivity index (χ0n) is 23.0. The lowest BCUT2D eigenvalue weighted by atomic mass is 10.0. The molecule has 0 fully saturated rings. The largest absolute Gasteiger partial charge is 0.457 e. The van der Waals surface area contributed by atoms with Gasteiger partial charge in [-0.2, -0.15) is 0 Å². The minimum absolute atomic E-state index is 0.0565. The molecule has 0 aliphatic rings. The van der Waals surface area contributed by atoms with Gasteiger partial charge < -0.3 is 26.4 Å². The molecular weight excluding hydrogens is 508 g/mol. The van der Waals surface area contributed by atoms with E-state index in [1.54, 1.807) is 38.1 Å². The molecule has 3 aromatic rings. The number of benzene rings is 3. The fourth-order valence-electron chi connectivity index (χ4n) is 4.07. The van der Waals surface area contributed by atoms with Crippen molar-refractivity contribution in [2.45, 2.75) is 52.2 Å². The molecule has 0 aromatic heterocycles. The van der Waals surface area contributed by atoms with Gasteiger partial charge in [-0.05, 0) is 53.8 Å². The minimum Gasteiger partial charge on any atom is -0.457 e. The third-order valence-electron chi connectivity index (χ3n) is 6.26. The summed E-state index contributed by atoms with van der Waals surface area (Å²) in [5, 5.41) is 8.13. The Labute approximate surface area is 234 Å². The Hall–Kier alpha value is -4.66. The van der Waals surface area contributed by atoms with E-state index in [2.05, 4.69) is 16.0 Å². The Bertz CT molecular complexity index is 1330. The smallest absolute Gasteiger partial charge is 0.243 e. The maximum Gasteiger partial charge on any atom is 0.243 e. The van der Waals surface area contributed by atoms with E-state index in [4.69, 9.17) is 10.5 Å². The summed E-state index contributed by atoms with van der Waals surface area (Å²) in [5.41, 5.74) is 8.01. The molecule has 0 heterocycles. The number of carbonyl (C=O) groups is 4. The number of nitrogens with one attached hydrogen (secondary N) is 3. The maximum absolute atomic E-state index is 13.1. The van der Waals surface area contributed by atoms with Gasteiger partial charge in [0, 0.05) is 6.54 Å². The number of hydrogen-bond acceptors (Lipinski definition) is 5. The molecule has 0 saturated heterocycles. The van der Waals surface area contributed by atoms with Crippen LogP contribution in [0, 0.1) is 12.8 Å². The first kappa shape index (κ1) is 29.9. The van der Waals surface area contributed by atoms with Crippen LogP contribution in [0.2, 0.25) is 0 Å². The van der Waals surface area contributed by atoms with Crippen LogP contribution in [0.15, 0.2) is 78.9 Å². The van der Waals surface area contributed by atoms with Crippen molar-refractivity contribution in [1.29, 1.82) is 0 Å². The van der Waals surface area contributed by atoms with Crippen LogP contribution in [-0.4, -0.2) is 35.7 Å². The van der Waals surface area contributed by atoms with Crippen molar-refractivity contribution in [1.82, 2.24) is 16.0 Å². The second-order valence-corrected chi connectivity index (χ2v) is 9.90. The monoisotopic (exact) mass is 544 g/mol. The van der Waals surface area contributed by atoms with E-state index in [0.29, 0.717) is 23.6 Å². The molecule has 0 saturated carbocycles. The van der Waals surface area contributed by atoms with Gasteiger partial charge >= 0.3 is 0 Å². The normalized spacial score (nSPS) is 12.2. The lowest BCUT2D eigenvalue weighted by Crippen LogP contribution is -2.56. The number of primary amides is 1. The van der Waals surface area contributed by atoms with E-state index in [1.807, 2.05) is 61.5 Å². The predicted octanol–water partition coefficient (Wildman–Crippen LogP) is 3.15. The van der Waals surface area contributed by atoms with Gasteiger partial charge in [0.1, 0.15) is 23.6 Å². The Balaban J connectivity index is 1.63. The summed E-state index contributed by atoms with van der Waals surface area (Å²) in [6.45, 7) is 5.85. The molecule has 5 N–H and O–H groups in total. The maximum atomic E-state index is 13.1. The Morgan fingerprint density at radius 3 is 2.17 bits per heavy atom. The fraction of sp³-hybridized carbons (Fsp3) is 0.290. The summed E-state index contributed by atoms with van der Waals surface area (Å²) in [5.74, 6) is -1.32. The molecule has 2 atom stereocenters. The summed E-state index contributed by atoms with van der Waals surface area (Å²) in [7, 11) is 0. The highest BCUT2D eigenvalue weighted by Crippen LogP contribution is 2.22. The van der Waals surface area contributed by atoms with E-state index >= 15 is 0 Å². The van der Waals surface area contributed by atoms with Crippen LogP contribution < -0.4 is 26.4 Å². The van der Waals surface area contributed by atoms with Crippen LogP contribution >= 0.6 is 0 Å². The van der Waals surface area contributed by atoms with Crippen LogP contribution in [0.25, 0.3) is 0 Å². The summed E-state index contributed by atoms with van der Waals surface area (Å²) < 4.78 is 5.82. The quantitative estimate of drug-likeness (QED) is 0.262. The molecule has 0 bridgehead atoms. The number of carbonyl (C=O) groups excluding carboxylic acids is 4. The number of rotatable bonds is 13. The van der Waals surface area contributed by atoms with Gasteiger partial charge in [0.2, 0.25) is 23.6 Å². The van der Waals surface area contributed by atoms with E-state index in [9.17, 15) is 19.2 Å². The van der Waals surface area contributed by atoms with Crippen LogP contribution in [0.5, 0.6) is 11.5 Å². The zero-order valence-corrected chi connectivity index (χ0v) is 23.0. The highest BCUT2D eigenvalue weighted by Gasteiger charge is 2.29. The SMILES string of the molecule is Cc1ccccc1CNC(=O)[C@@H](NC(=O)[C@H](CC(N)=O)NC(=O)Cc1cccc(Oc2ccccc2)c1)C(C)C. The number of hydrogen-bond donors (Lipinski definition) is 4. The lowest BCUT2D eigenvalue weighted by molar-refractivity contribution is -0.134. The summed E-state index contributed by atoms with van der Waals surface area (Å²) >= 11 is 0. The molecule has 0 radical (unpaired) electrons. The molecule has 3 aromatic carbocycles. The number of ether oxygens (including phenoxy) is 1. The molecule has 9 nitrogen and oxygen atoms in total. The summed E-state index contributed by atoms with van der Waals surface area (Å²) in [6, 6.07) is 21.8. The second kappa shape index (κ2) is 14.5. The Morgan fingerprint density at radius 2 is 1.50 bits per heavy atom. The van der Waals surface area contributed by atoms with Crippen LogP contribution in [0.4, 0.5) is 0 Å². The number of aryl methyl sites for hydroxylation is 1. The van der Waals surface area contributed by atoms with Gasteiger partial charge in [0.05, 0.1) is 12.8 Å². The van der Waals surface area contributed by atoms with Gasteiger partial charge in [-0.25, -0.2) is 0 Å². The number of para-hydroxylation sites is 1. The Morgan fingerprint density at radius 1 is 0.825 bits per heavy atom. The van der Waals surface area contributed by atoms with Crippen molar-refractivity contribution in [3.8, 4) is 11.5 Å². The topological polar surface area (TPSA) is 140 Å². The minimum atomic E-state index is -1.24. The van der Waals surface area contributed by atoms with Crippen LogP contribution in [-0.2, 0) is 32.1 Å². The second-order valence-electron chi connectivity index (χ2n) is 9.90. The fourth-order valence-corrected chi connectivity index (χ4v) is 4.07. The molecule has 4 amide bonds. The van der Waals surface area contributed by atoms with Crippen molar-refractivity contribution in [3.05, 3.63) is 95.6 Å². The van der Waals surface area contributed by atoms with Gasteiger partial charge in [-0.1, -0.05) is 68.4 Å². The average molecular weight is 545 g/mol. The highest BCUT2D eigenvalue weighted by atomic mass is 16.5. The summed E-state index contributed by atoms with van der Waals surface area (Å²) in [6.07, 6.45) is -0.469. The van der Waals surface area contributed by atoms with Gasteiger partial charge in [0.15, 0.2) is 0 Å². The summed E-state index contributed by atoms with van der Waals surface area (Å²) in [4.78, 5) is 50.7. The van der Waals surface area contributed by atoms with Gasteiger partial charge in [-0.15, -0.1) is 0 Å². The first-order chi connectivity index (χ1) is 19.1. The van der Waals surface area contributed by atoms with Crippen molar-refractivity contribution in [2.24, 2.45) is 11.7 Å². The molecule has 210 valence electrons. The molecule has 0 aliphatic heterocycles. The first-order valence-electron chi connectivity index (χ1n) is 13.1. The molecule has 0 spiro atoms. The van der Waals surface area contributed by atoms with Gasteiger partial charge in [0.25, 0.3) is 0 Å². The van der Waals surface area contributed by atoms with Gasteiger partial charge in [-0.3, -0.25) is 19.2 Å². The van der Waals surface area contributed by atoms with E-state index in [1.165, 1.54) is 0 Å². The zero-order chi connectivity index (χ0) is 29.1. The molecular formula is C31H36N4O5. The predicted molar refractivity (Wildman–Crippen MR) is 152 cm³/mol. The third-order valence-corrected chi connectivity index (χ3v) is 6.26. The molecule has 0 unspecified atom stereocenters.